The van der Waals surface area contributed by atoms with Gasteiger partial charge in [0, 0.05) is 12.3 Å². The minimum absolute atomic E-state index is 0.0951. The Morgan fingerprint density at radius 3 is 2.60 bits per heavy atom. The zero-order valence-corrected chi connectivity index (χ0v) is 5.83. The number of amides is 1. The van der Waals surface area contributed by atoms with Crippen LogP contribution in [0, 0.1) is 5.92 Å². The van der Waals surface area contributed by atoms with E-state index in [1.807, 2.05) is 6.92 Å². The number of ketones is 1. The monoisotopic (exact) mass is 139 g/mol. The SMILES string of the molecule is C[C@H]1C(=O)CN2C(=O)C[C@H]12. The van der Waals surface area contributed by atoms with E-state index in [4.69, 9.17) is 0 Å². The highest BCUT2D eigenvalue weighted by Gasteiger charge is 2.48. The van der Waals surface area contributed by atoms with Gasteiger partial charge in [0.15, 0.2) is 5.78 Å². The minimum atomic E-state index is 0.0951. The summed E-state index contributed by atoms with van der Waals surface area (Å²) in [5.41, 5.74) is 0. The van der Waals surface area contributed by atoms with Crippen molar-refractivity contribution in [2.75, 3.05) is 6.54 Å². The van der Waals surface area contributed by atoms with Crippen molar-refractivity contribution in [3.63, 3.8) is 0 Å². The van der Waals surface area contributed by atoms with Crippen molar-refractivity contribution in [2.24, 2.45) is 5.92 Å². The molecule has 0 aromatic heterocycles. The van der Waals surface area contributed by atoms with E-state index in [-0.39, 0.29) is 23.7 Å². The molecule has 0 bridgehead atoms. The number of Topliss-reactive ketones (excluding diaryl/α,β-unsaturated/α-hetero) is 1. The van der Waals surface area contributed by atoms with Gasteiger partial charge in [0.2, 0.25) is 5.91 Å². The summed E-state index contributed by atoms with van der Waals surface area (Å²) in [7, 11) is 0. The van der Waals surface area contributed by atoms with E-state index in [0.29, 0.717) is 13.0 Å². The second-order valence-electron chi connectivity index (χ2n) is 3.05. The van der Waals surface area contributed by atoms with E-state index >= 15 is 0 Å². The van der Waals surface area contributed by atoms with Crippen LogP contribution in [-0.4, -0.2) is 29.2 Å². The molecule has 0 aromatic carbocycles. The molecular formula is C7H9NO2. The van der Waals surface area contributed by atoms with Crippen molar-refractivity contribution in [1.29, 1.82) is 0 Å². The van der Waals surface area contributed by atoms with Crippen molar-refractivity contribution in [2.45, 2.75) is 19.4 Å². The fourth-order valence-electron chi connectivity index (χ4n) is 1.66. The predicted octanol–water partition coefficient (Wildman–Crippen LogP) is -0.194. The van der Waals surface area contributed by atoms with Crippen molar-refractivity contribution in [1.82, 2.24) is 4.90 Å². The Balaban J connectivity index is 2.20. The van der Waals surface area contributed by atoms with E-state index in [2.05, 4.69) is 0 Å². The van der Waals surface area contributed by atoms with Gasteiger partial charge in [-0.3, -0.25) is 9.59 Å². The van der Waals surface area contributed by atoms with Crippen LogP contribution in [0.5, 0.6) is 0 Å². The summed E-state index contributed by atoms with van der Waals surface area (Å²) in [5, 5.41) is 0. The van der Waals surface area contributed by atoms with E-state index in [0.717, 1.165) is 0 Å². The summed E-state index contributed by atoms with van der Waals surface area (Å²) in [6.07, 6.45) is 0.590. The van der Waals surface area contributed by atoms with Crippen molar-refractivity contribution in [3.8, 4) is 0 Å². The van der Waals surface area contributed by atoms with Crippen LogP contribution < -0.4 is 0 Å². The molecule has 2 heterocycles. The molecule has 2 saturated heterocycles. The molecular weight excluding hydrogens is 130 g/mol. The number of hydrogen-bond donors (Lipinski definition) is 0. The number of fused-ring (bicyclic) bond motifs is 1. The first-order valence-corrected chi connectivity index (χ1v) is 3.52. The third kappa shape index (κ3) is 0.503. The summed E-state index contributed by atoms with van der Waals surface area (Å²) < 4.78 is 0. The molecule has 0 radical (unpaired) electrons. The zero-order chi connectivity index (χ0) is 7.30. The van der Waals surface area contributed by atoms with Crippen LogP contribution in [0.25, 0.3) is 0 Å². The van der Waals surface area contributed by atoms with Gasteiger partial charge in [-0.1, -0.05) is 6.92 Å². The van der Waals surface area contributed by atoms with Crippen LogP contribution >= 0.6 is 0 Å². The fourth-order valence-corrected chi connectivity index (χ4v) is 1.66. The lowest BCUT2D eigenvalue weighted by atomic mass is 9.94. The Morgan fingerprint density at radius 2 is 2.20 bits per heavy atom. The molecule has 0 aromatic rings. The maximum Gasteiger partial charge on any atom is 0.225 e. The number of β-lactam (4-membered cyclic amide) rings is 1. The third-order valence-electron chi connectivity index (χ3n) is 2.52. The highest BCUT2D eigenvalue weighted by atomic mass is 16.2. The Bertz CT molecular complexity index is 212. The molecule has 2 fully saturated rings. The molecule has 2 aliphatic heterocycles. The first-order chi connectivity index (χ1) is 4.70. The standard InChI is InChI=1S/C7H9NO2/c1-4-5-2-7(10)8(5)3-6(4)9/h4-5H,2-3H2,1H3/t4-,5-/m1/s1. The lowest BCUT2D eigenvalue weighted by Gasteiger charge is -2.35. The second kappa shape index (κ2) is 1.59. The van der Waals surface area contributed by atoms with Gasteiger partial charge in [-0.05, 0) is 0 Å². The van der Waals surface area contributed by atoms with Crippen LogP contribution in [-0.2, 0) is 9.59 Å². The number of nitrogens with zero attached hydrogens (tertiary/aromatic N) is 1. The summed E-state index contributed by atoms with van der Waals surface area (Å²) in [5.74, 6) is 0.455. The zero-order valence-electron chi connectivity index (χ0n) is 5.83. The molecule has 2 rings (SSSR count). The smallest absolute Gasteiger partial charge is 0.225 e. The minimum Gasteiger partial charge on any atom is -0.331 e. The maximum absolute atomic E-state index is 11.0. The molecule has 3 nitrogen and oxygen atoms in total. The molecule has 2 atom stereocenters. The van der Waals surface area contributed by atoms with E-state index < -0.39 is 0 Å². The predicted molar refractivity (Wildman–Crippen MR) is 34.3 cm³/mol. The summed E-state index contributed by atoms with van der Waals surface area (Å²) in [6.45, 7) is 2.27. The average Bonchev–Trinajstić information content (AvgIpc) is 2.12. The van der Waals surface area contributed by atoms with E-state index in [9.17, 15) is 9.59 Å². The molecule has 0 unspecified atom stereocenters. The van der Waals surface area contributed by atoms with Crippen molar-refractivity contribution >= 4 is 11.7 Å². The summed E-state index contributed by atoms with van der Waals surface area (Å²) >= 11 is 0. The lowest BCUT2D eigenvalue weighted by Crippen LogP contribution is -2.49. The number of carbonyl (C=O) groups excluding carboxylic acids is 2. The quantitative estimate of drug-likeness (QED) is 0.436. The molecule has 2 aliphatic rings. The molecule has 0 aliphatic carbocycles. The molecule has 54 valence electrons. The van der Waals surface area contributed by atoms with Gasteiger partial charge in [0.1, 0.15) is 0 Å². The normalized spacial score (nSPS) is 37.9. The third-order valence-corrected chi connectivity index (χ3v) is 2.52. The first-order valence-electron chi connectivity index (χ1n) is 3.52. The van der Waals surface area contributed by atoms with Gasteiger partial charge in [-0.2, -0.15) is 0 Å². The molecule has 0 saturated carbocycles. The van der Waals surface area contributed by atoms with Gasteiger partial charge < -0.3 is 4.90 Å². The Kier molecular flexibility index (Phi) is 0.938. The fraction of sp³-hybridized carbons (Fsp3) is 0.714. The highest BCUT2D eigenvalue weighted by molar-refractivity contribution is 5.96. The molecule has 1 amide bonds. The van der Waals surface area contributed by atoms with Crippen molar-refractivity contribution < 1.29 is 9.59 Å². The lowest BCUT2D eigenvalue weighted by molar-refractivity contribution is -0.143. The van der Waals surface area contributed by atoms with Crippen LogP contribution in [0.1, 0.15) is 13.3 Å². The molecule has 3 heteroatoms. The van der Waals surface area contributed by atoms with E-state index in [1.54, 1.807) is 4.90 Å². The highest BCUT2D eigenvalue weighted by Crippen LogP contribution is 2.32. The molecule has 0 N–H and O–H groups in total. The van der Waals surface area contributed by atoms with Crippen molar-refractivity contribution in [3.05, 3.63) is 0 Å². The average molecular weight is 139 g/mol. The van der Waals surface area contributed by atoms with Gasteiger partial charge in [0.05, 0.1) is 12.6 Å². The van der Waals surface area contributed by atoms with Crippen LogP contribution in [0.15, 0.2) is 0 Å². The van der Waals surface area contributed by atoms with Crippen LogP contribution in [0.2, 0.25) is 0 Å². The number of rotatable bonds is 0. The Morgan fingerprint density at radius 1 is 1.50 bits per heavy atom. The van der Waals surface area contributed by atoms with Gasteiger partial charge in [-0.25, -0.2) is 0 Å². The Hall–Kier alpha value is -0.860. The molecule has 0 spiro atoms. The largest absolute Gasteiger partial charge is 0.331 e. The maximum atomic E-state index is 11.0. The topological polar surface area (TPSA) is 37.4 Å². The van der Waals surface area contributed by atoms with Gasteiger partial charge in [-0.15, -0.1) is 0 Å². The number of hydrogen-bond acceptors (Lipinski definition) is 2. The van der Waals surface area contributed by atoms with Crippen LogP contribution in [0.3, 0.4) is 0 Å². The second-order valence-corrected chi connectivity index (χ2v) is 3.05. The van der Waals surface area contributed by atoms with Gasteiger partial charge in [0.25, 0.3) is 0 Å². The van der Waals surface area contributed by atoms with E-state index in [1.165, 1.54) is 0 Å². The first kappa shape index (κ1) is 5.89. The molecule has 10 heavy (non-hydrogen) atoms. The number of carbonyl (C=O) groups is 2. The van der Waals surface area contributed by atoms with Gasteiger partial charge >= 0.3 is 0 Å². The Labute approximate surface area is 59.0 Å². The summed E-state index contributed by atoms with van der Waals surface area (Å²) in [6, 6.07) is 0.250. The summed E-state index contributed by atoms with van der Waals surface area (Å²) in [4.78, 5) is 23.4. The van der Waals surface area contributed by atoms with Crippen LogP contribution in [0.4, 0.5) is 0 Å².